The highest BCUT2D eigenvalue weighted by Crippen LogP contribution is 2.10. The van der Waals surface area contributed by atoms with Gasteiger partial charge in [-0.3, -0.25) is 0 Å². The normalized spacial score (nSPS) is 21.0. The van der Waals surface area contributed by atoms with Crippen molar-refractivity contribution in [2.24, 2.45) is 5.92 Å². The number of aromatic nitrogens is 2. The van der Waals surface area contributed by atoms with E-state index in [4.69, 9.17) is 9.26 Å². The molecule has 1 N–H and O–H groups in total. The van der Waals surface area contributed by atoms with E-state index in [-0.39, 0.29) is 0 Å². The lowest BCUT2D eigenvalue weighted by Gasteiger charge is -2.07. The summed E-state index contributed by atoms with van der Waals surface area (Å²) >= 11 is 0. The Labute approximate surface area is 89.2 Å². The summed E-state index contributed by atoms with van der Waals surface area (Å²) in [5.74, 6) is 2.09. The average molecular weight is 211 g/mol. The second-order valence-corrected chi connectivity index (χ2v) is 3.92. The predicted octanol–water partition coefficient (Wildman–Crippen LogP) is 0.547. The Morgan fingerprint density at radius 2 is 2.47 bits per heavy atom. The Bertz CT molecular complexity index is 295. The van der Waals surface area contributed by atoms with Crippen LogP contribution in [0.3, 0.4) is 0 Å². The van der Waals surface area contributed by atoms with E-state index in [9.17, 15) is 0 Å². The van der Waals surface area contributed by atoms with Crippen LogP contribution >= 0.6 is 0 Å². The maximum absolute atomic E-state index is 5.29. The van der Waals surface area contributed by atoms with Crippen molar-refractivity contribution in [1.82, 2.24) is 15.5 Å². The number of rotatable bonds is 5. The first-order chi connectivity index (χ1) is 7.34. The Morgan fingerprint density at radius 1 is 1.53 bits per heavy atom. The molecular formula is C10H17N3O2. The smallest absolute Gasteiger partial charge is 0.227 e. The third kappa shape index (κ3) is 3.28. The molecule has 1 fully saturated rings. The molecule has 2 heterocycles. The number of nitrogens with zero attached hydrogens (tertiary/aromatic N) is 2. The number of hydrogen-bond donors (Lipinski definition) is 1. The van der Waals surface area contributed by atoms with Gasteiger partial charge in [0.2, 0.25) is 5.89 Å². The van der Waals surface area contributed by atoms with Gasteiger partial charge < -0.3 is 14.6 Å². The maximum Gasteiger partial charge on any atom is 0.227 e. The summed E-state index contributed by atoms with van der Waals surface area (Å²) in [7, 11) is 0. The Balaban J connectivity index is 1.58. The van der Waals surface area contributed by atoms with Gasteiger partial charge in [-0.05, 0) is 19.3 Å². The minimum Gasteiger partial charge on any atom is -0.381 e. The molecule has 1 aliphatic heterocycles. The van der Waals surface area contributed by atoms with E-state index >= 15 is 0 Å². The van der Waals surface area contributed by atoms with Gasteiger partial charge in [0.1, 0.15) is 0 Å². The number of ether oxygens (including phenoxy) is 1. The Kier molecular flexibility index (Phi) is 3.69. The van der Waals surface area contributed by atoms with Gasteiger partial charge in [-0.1, -0.05) is 5.16 Å². The van der Waals surface area contributed by atoms with Crippen molar-refractivity contribution < 1.29 is 9.26 Å². The highest BCUT2D eigenvalue weighted by molar-refractivity contribution is 4.83. The molecule has 0 spiro atoms. The molecule has 1 aromatic rings. The molecule has 0 aliphatic carbocycles. The summed E-state index contributed by atoms with van der Waals surface area (Å²) in [4.78, 5) is 4.14. The van der Waals surface area contributed by atoms with E-state index in [0.29, 0.717) is 17.6 Å². The molecule has 0 aromatic carbocycles. The highest BCUT2D eigenvalue weighted by atomic mass is 16.5. The third-order valence-electron chi connectivity index (χ3n) is 2.54. The average Bonchev–Trinajstić information content (AvgIpc) is 2.84. The van der Waals surface area contributed by atoms with Gasteiger partial charge in [0.15, 0.2) is 5.82 Å². The quantitative estimate of drug-likeness (QED) is 0.720. The molecule has 0 radical (unpaired) electrons. The van der Waals surface area contributed by atoms with Gasteiger partial charge in [0, 0.05) is 26.1 Å². The largest absolute Gasteiger partial charge is 0.381 e. The lowest BCUT2D eigenvalue weighted by molar-refractivity contribution is 0.185. The van der Waals surface area contributed by atoms with Gasteiger partial charge in [-0.25, -0.2) is 0 Å². The first kappa shape index (κ1) is 10.6. The summed E-state index contributed by atoms with van der Waals surface area (Å²) in [6.07, 6.45) is 1.97. The van der Waals surface area contributed by atoms with Crippen molar-refractivity contribution >= 4 is 0 Å². The van der Waals surface area contributed by atoms with Crippen LogP contribution in [0.5, 0.6) is 0 Å². The molecule has 1 saturated heterocycles. The zero-order valence-electron chi connectivity index (χ0n) is 9.03. The zero-order chi connectivity index (χ0) is 10.5. The molecule has 1 unspecified atom stereocenters. The van der Waals surface area contributed by atoms with Gasteiger partial charge >= 0.3 is 0 Å². The van der Waals surface area contributed by atoms with E-state index in [1.54, 1.807) is 0 Å². The van der Waals surface area contributed by atoms with Crippen molar-refractivity contribution in [2.75, 3.05) is 26.3 Å². The van der Waals surface area contributed by atoms with Crippen LogP contribution in [-0.2, 0) is 11.2 Å². The van der Waals surface area contributed by atoms with Gasteiger partial charge in [0.25, 0.3) is 0 Å². The molecule has 1 atom stereocenters. The fourth-order valence-corrected chi connectivity index (χ4v) is 1.69. The van der Waals surface area contributed by atoms with Crippen LogP contribution in [0.25, 0.3) is 0 Å². The summed E-state index contributed by atoms with van der Waals surface area (Å²) in [5, 5.41) is 7.12. The van der Waals surface area contributed by atoms with E-state index in [1.165, 1.54) is 6.42 Å². The molecule has 84 valence electrons. The van der Waals surface area contributed by atoms with Crippen molar-refractivity contribution in [3.8, 4) is 0 Å². The van der Waals surface area contributed by atoms with Gasteiger partial charge in [0.05, 0.1) is 6.61 Å². The fraction of sp³-hybridized carbons (Fsp3) is 0.800. The third-order valence-corrected chi connectivity index (χ3v) is 2.54. The van der Waals surface area contributed by atoms with E-state index in [2.05, 4.69) is 15.5 Å². The van der Waals surface area contributed by atoms with E-state index < -0.39 is 0 Å². The monoisotopic (exact) mass is 211 g/mol. The van der Waals surface area contributed by atoms with Crippen molar-refractivity contribution in [3.63, 3.8) is 0 Å². The Morgan fingerprint density at radius 3 is 3.13 bits per heavy atom. The van der Waals surface area contributed by atoms with Crippen LogP contribution in [0.15, 0.2) is 4.52 Å². The summed E-state index contributed by atoms with van der Waals surface area (Å²) in [6, 6.07) is 0. The predicted molar refractivity (Wildman–Crippen MR) is 54.5 cm³/mol. The van der Waals surface area contributed by atoms with E-state index in [1.807, 2.05) is 6.92 Å². The van der Waals surface area contributed by atoms with Crippen molar-refractivity contribution in [3.05, 3.63) is 11.7 Å². The highest BCUT2D eigenvalue weighted by Gasteiger charge is 2.14. The summed E-state index contributed by atoms with van der Waals surface area (Å²) < 4.78 is 10.3. The fourth-order valence-electron chi connectivity index (χ4n) is 1.69. The van der Waals surface area contributed by atoms with Crippen LogP contribution < -0.4 is 5.32 Å². The lowest BCUT2D eigenvalue weighted by Crippen LogP contribution is -2.25. The van der Waals surface area contributed by atoms with Crippen molar-refractivity contribution in [1.29, 1.82) is 0 Å². The number of aryl methyl sites for hydroxylation is 1. The second kappa shape index (κ2) is 5.23. The standard InChI is InChI=1S/C10H17N3O2/c1-8-12-10(15-13-8)2-4-11-6-9-3-5-14-7-9/h9,11H,2-7H2,1H3. The molecule has 5 heteroatoms. The van der Waals surface area contributed by atoms with Crippen molar-refractivity contribution in [2.45, 2.75) is 19.8 Å². The van der Waals surface area contributed by atoms with Gasteiger partial charge in [-0.2, -0.15) is 4.98 Å². The summed E-state index contributed by atoms with van der Waals surface area (Å²) in [6.45, 7) is 5.55. The van der Waals surface area contributed by atoms with Crippen LogP contribution in [-0.4, -0.2) is 36.4 Å². The molecule has 0 amide bonds. The number of hydrogen-bond acceptors (Lipinski definition) is 5. The molecular weight excluding hydrogens is 194 g/mol. The van der Waals surface area contributed by atoms with E-state index in [0.717, 1.165) is 32.7 Å². The molecule has 5 nitrogen and oxygen atoms in total. The van der Waals surface area contributed by atoms with Crippen LogP contribution in [0.2, 0.25) is 0 Å². The minimum absolute atomic E-state index is 0.675. The molecule has 0 bridgehead atoms. The maximum atomic E-state index is 5.29. The SMILES string of the molecule is Cc1noc(CCNCC2CCOC2)n1. The van der Waals surface area contributed by atoms with Gasteiger partial charge in [-0.15, -0.1) is 0 Å². The molecule has 1 aromatic heterocycles. The minimum atomic E-state index is 0.675. The zero-order valence-corrected chi connectivity index (χ0v) is 9.03. The lowest BCUT2D eigenvalue weighted by atomic mass is 10.1. The first-order valence-corrected chi connectivity index (χ1v) is 5.42. The van der Waals surface area contributed by atoms with Crippen LogP contribution in [0, 0.1) is 12.8 Å². The Hall–Kier alpha value is -0.940. The topological polar surface area (TPSA) is 60.2 Å². The molecule has 15 heavy (non-hydrogen) atoms. The molecule has 1 aliphatic rings. The summed E-state index contributed by atoms with van der Waals surface area (Å²) in [5.41, 5.74) is 0. The molecule has 2 rings (SSSR count). The molecule has 0 saturated carbocycles. The first-order valence-electron chi connectivity index (χ1n) is 5.42. The number of nitrogens with one attached hydrogen (secondary N) is 1. The van der Waals surface area contributed by atoms with Crippen LogP contribution in [0.4, 0.5) is 0 Å². The second-order valence-electron chi connectivity index (χ2n) is 3.92. The van der Waals surface area contributed by atoms with Crippen LogP contribution in [0.1, 0.15) is 18.1 Å².